The van der Waals surface area contributed by atoms with E-state index in [4.69, 9.17) is 4.74 Å². The van der Waals surface area contributed by atoms with Crippen molar-refractivity contribution < 1.29 is 4.74 Å². The van der Waals surface area contributed by atoms with Crippen molar-refractivity contribution in [3.8, 4) is 0 Å². The molecule has 29 heavy (non-hydrogen) atoms. The first-order valence-electron chi connectivity index (χ1n) is 9.46. The van der Waals surface area contributed by atoms with Crippen LogP contribution in [0, 0.1) is 0 Å². The first-order valence-corrected chi connectivity index (χ1v) is 12.0. The summed E-state index contributed by atoms with van der Waals surface area (Å²) in [5.41, 5.74) is 1.11. The van der Waals surface area contributed by atoms with Crippen LogP contribution in [-0.2, 0) is 11.3 Å². The van der Waals surface area contributed by atoms with Crippen molar-refractivity contribution in [1.29, 1.82) is 0 Å². The second-order valence-corrected chi connectivity index (χ2v) is 10.9. The summed E-state index contributed by atoms with van der Waals surface area (Å²) >= 11 is 3.62. The Morgan fingerprint density at radius 3 is 1.62 bits per heavy atom. The van der Waals surface area contributed by atoms with E-state index in [0.717, 1.165) is 10.2 Å². The molecule has 0 fully saturated rings. The predicted molar refractivity (Wildman–Crippen MR) is 127 cm³/mol. The van der Waals surface area contributed by atoms with Gasteiger partial charge in [0.25, 0.3) is 0 Å². The molecule has 0 saturated heterocycles. The molecule has 0 radical (unpaired) electrons. The normalized spacial score (nSPS) is 11.4. The molecule has 0 N–H and O–H groups in total. The Labute approximate surface area is 181 Å². The van der Waals surface area contributed by atoms with Gasteiger partial charge in [-0.05, 0) is 52.3 Å². The standard InChI is InChI=1S/C25H22BrNOP/c1-28-19-20-18-27-25(26)17-24(20)29(21-11-5-2-6-12-21,22-13-7-3-8-14-22)23-15-9-4-10-16-23/h2-18H,19H2,1H3/q+1. The molecule has 2 nitrogen and oxygen atoms in total. The maximum Gasteiger partial charge on any atom is 0.144 e. The lowest BCUT2D eigenvalue weighted by atomic mass is 10.3. The smallest absolute Gasteiger partial charge is 0.144 e. The van der Waals surface area contributed by atoms with Crippen LogP contribution in [0.2, 0.25) is 0 Å². The Balaban J connectivity index is 2.17. The molecule has 4 rings (SSSR count). The van der Waals surface area contributed by atoms with Crippen LogP contribution < -0.4 is 21.2 Å². The zero-order chi connectivity index (χ0) is 20.1. The summed E-state index contributed by atoms with van der Waals surface area (Å²) in [6, 6.07) is 34.7. The minimum absolute atomic E-state index is 0.518. The molecule has 0 bridgehead atoms. The van der Waals surface area contributed by atoms with Gasteiger partial charge in [0.2, 0.25) is 0 Å². The first kappa shape index (κ1) is 20.0. The highest BCUT2D eigenvalue weighted by Gasteiger charge is 2.49. The summed E-state index contributed by atoms with van der Waals surface area (Å²) in [7, 11) is -0.414. The molecule has 0 amide bonds. The quantitative estimate of drug-likeness (QED) is 0.308. The van der Waals surface area contributed by atoms with Crippen LogP contribution >= 0.6 is 23.2 Å². The lowest BCUT2D eigenvalue weighted by molar-refractivity contribution is 0.185. The maximum atomic E-state index is 5.57. The zero-order valence-corrected chi connectivity index (χ0v) is 18.7. The third-order valence-corrected chi connectivity index (χ3v) is 9.81. The molecule has 0 unspecified atom stereocenters. The number of nitrogens with zero attached hydrogens (tertiary/aromatic N) is 1. The van der Waals surface area contributed by atoms with Crippen molar-refractivity contribution in [3.63, 3.8) is 0 Å². The van der Waals surface area contributed by atoms with E-state index in [0.29, 0.717) is 6.61 Å². The highest BCUT2D eigenvalue weighted by molar-refractivity contribution is 9.10. The number of ether oxygens (including phenoxy) is 1. The van der Waals surface area contributed by atoms with Crippen molar-refractivity contribution in [2.45, 2.75) is 6.61 Å². The molecule has 144 valence electrons. The summed E-state index contributed by atoms with van der Waals surface area (Å²) in [6.45, 7) is 0.518. The average molecular weight is 463 g/mol. The van der Waals surface area contributed by atoms with Crippen LogP contribution in [0.1, 0.15) is 5.56 Å². The Bertz CT molecular complexity index is 975. The predicted octanol–water partition coefficient (Wildman–Crippen LogP) is 4.61. The van der Waals surface area contributed by atoms with Crippen LogP contribution in [0.4, 0.5) is 0 Å². The number of pyridine rings is 1. The van der Waals surface area contributed by atoms with E-state index in [1.807, 2.05) is 6.20 Å². The number of benzene rings is 3. The number of hydrogen-bond acceptors (Lipinski definition) is 2. The summed E-state index contributed by atoms with van der Waals surface area (Å²) < 4.78 is 6.41. The van der Waals surface area contributed by atoms with E-state index >= 15 is 0 Å². The van der Waals surface area contributed by atoms with E-state index < -0.39 is 7.26 Å². The second kappa shape index (κ2) is 9.00. The first-order chi connectivity index (χ1) is 14.3. The zero-order valence-electron chi connectivity index (χ0n) is 16.2. The molecule has 0 aliphatic heterocycles. The molecule has 1 heterocycles. The molecule has 0 aliphatic rings. The average Bonchev–Trinajstić information content (AvgIpc) is 2.78. The Morgan fingerprint density at radius 2 is 1.21 bits per heavy atom. The molecule has 0 saturated carbocycles. The van der Waals surface area contributed by atoms with Gasteiger partial charge in [-0.2, -0.15) is 0 Å². The third-order valence-electron chi connectivity index (χ3n) is 5.02. The Hall–Kier alpha value is -2.32. The lowest BCUT2D eigenvalue weighted by Gasteiger charge is -2.29. The molecule has 4 aromatic rings. The van der Waals surface area contributed by atoms with Gasteiger partial charge >= 0.3 is 0 Å². The lowest BCUT2D eigenvalue weighted by Crippen LogP contribution is -2.40. The number of methoxy groups -OCH3 is 1. The minimum Gasteiger partial charge on any atom is -0.380 e. The van der Waals surface area contributed by atoms with E-state index in [-0.39, 0.29) is 0 Å². The van der Waals surface area contributed by atoms with Gasteiger partial charge in [-0.15, -0.1) is 0 Å². The summed E-state index contributed by atoms with van der Waals surface area (Å²) in [5.74, 6) is 0. The van der Waals surface area contributed by atoms with Crippen LogP contribution in [0.25, 0.3) is 0 Å². The Kier molecular flexibility index (Phi) is 6.20. The monoisotopic (exact) mass is 462 g/mol. The fraction of sp³-hybridized carbons (Fsp3) is 0.0800. The number of halogens is 1. The van der Waals surface area contributed by atoms with E-state index in [1.54, 1.807) is 7.11 Å². The van der Waals surface area contributed by atoms with Crippen molar-refractivity contribution in [2.75, 3.05) is 7.11 Å². The molecule has 4 heteroatoms. The second-order valence-electron chi connectivity index (χ2n) is 6.75. The fourth-order valence-electron chi connectivity index (χ4n) is 3.85. The van der Waals surface area contributed by atoms with Crippen molar-refractivity contribution in [2.24, 2.45) is 0 Å². The van der Waals surface area contributed by atoms with Gasteiger partial charge in [0.15, 0.2) is 0 Å². The third kappa shape index (κ3) is 3.79. The van der Waals surface area contributed by atoms with Gasteiger partial charge in [-0.25, -0.2) is 4.98 Å². The topological polar surface area (TPSA) is 22.1 Å². The van der Waals surface area contributed by atoms with Gasteiger partial charge < -0.3 is 4.74 Å². The highest BCUT2D eigenvalue weighted by atomic mass is 79.9. The van der Waals surface area contributed by atoms with Gasteiger partial charge in [0.05, 0.1) is 6.61 Å². The Morgan fingerprint density at radius 1 is 0.759 bits per heavy atom. The molecule has 1 aromatic heterocycles. The molecular formula is C25H22BrNOP+. The number of aromatic nitrogens is 1. The summed E-state index contributed by atoms with van der Waals surface area (Å²) in [4.78, 5) is 4.51. The molecule has 0 spiro atoms. The van der Waals surface area contributed by atoms with Crippen LogP contribution in [0.3, 0.4) is 0 Å². The van der Waals surface area contributed by atoms with Crippen LogP contribution in [-0.4, -0.2) is 12.1 Å². The van der Waals surface area contributed by atoms with Crippen LogP contribution in [0.15, 0.2) is 108 Å². The summed E-state index contributed by atoms with van der Waals surface area (Å²) in [5, 5.41) is 5.21. The maximum absolute atomic E-state index is 5.57. The van der Waals surface area contributed by atoms with Gasteiger partial charge in [0.1, 0.15) is 33.1 Å². The van der Waals surface area contributed by atoms with Gasteiger partial charge in [-0.1, -0.05) is 54.6 Å². The van der Waals surface area contributed by atoms with E-state index in [2.05, 4.69) is 118 Å². The van der Waals surface area contributed by atoms with Crippen molar-refractivity contribution in [1.82, 2.24) is 4.98 Å². The minimum atomic E-state index is -2.15. The SMILES string of the molecule is COCc1cnc(Br)cc1[P+](c1ccccc1)(c1ccccc1)c1ccccc1. The fourth-order valence-corrected chi connectivity index (χ4v) is 8.81. The number of hydrogen-bond donors (Lipinski definition) is 0. The van der Waals surface area contributed by atoms with E-state index in [9.17, 15) is 0 Å². The van der Waals surface area contributed by atoms with Crippen molar-refractivity contribution >= 4 is 44.4 Å². The molecular weight excluding hydrogens is 441 g/mol. The largest absolute Gasteiger partial charge is 0.380 e. The van der Waals surface area contributed by atoms with Crippen molar-refractivity contribution in [3.05, 3.63) is 113 Å². The number of rotatable bonds is 6. The van der Waals surface area contributed by atoms with Gasteiger partial charge in [0, 0.05) is 24.9 Å². The van der Waals surface area contributed by atoms with Crippen LogP contribution in [0.5, 0.6) is 0 Å². The highest BCUT2D eigenvalue weighted by Crippen LogP contribution is 2.55. The molecule has 0 aliphatic carbocycles. The van der Waals surface area contributed by atoms with Gasteiger partial charge in [-0.3, -0.25) is 0 Å². The molecule has 3 aromatic carbocycles. The molecule has 0 atom stereocenters. The van der Waals surface area contributed by atoms with E-state index in [1.165, 1.54) is 21.2 Å². The summed E-state index contributed by atoms with van der Waals surface area (Å²) in [6.07, 6.45) is 1.94.